The summed E-state index contributed by atoms with van der Waals surface area (Å²) in [5.41, 5.74) is 2.22. The summed E-state index contributed by atoms with van der Waals surface area (Å²) in [6, 6.07) is 20.4. The van der Waals surface area contributed by atoms with Gasteiger partial charge >= 0.3 is 5.97 Å². The van der Waals surface area contributed by atoms with Crippen molar-refractivity contribution >= 4 is 5.97 Å². The van der Waals surface area contributed by atoms with E-state index in [1.54, 1.807) is 13.0 Å². The molecule has 0 fully saturated rings. The second-order valence-electron chi connectivity index (χ2n) is 8.93. The van der Waals surface area contributed by atoms with Gasteiger partial charge in [-0.25, -0.2) is 18.0 Å². The first-order chi connectivity index (χ1) is 18.4. The molecule has 0 amide bonds. The van der Waals surface area contributed by atoms with Gasteiger partial charge in [-0.1, -0.05) is 68.3 Å². The second-order valence-corrected chi connectivity index (χ2v) is 8.93. The molecule has 0 atom stereocenters. The van der Waals surface area contributed by atoms with Crippen molar-refractivity contribution in [1.29, 1.82) is 0 Å². The van der Waals surface area contributed by atoms with E-state index in [1.807, 2.05) is 24.3 Å². The predicted molar refractivity (Wildman–Crippen MR) is 143 cm³/mol. The zero-order valence-electron chi connectivity index (χ0n) is 21.4. The molecular weight excluding hydrogens is 489 g/mol. The van der Waals surface area contributed by atoms with E-state index in [0.29, 0.717) is 23.5 Å². The van der Waals surface area contributed by atoms with Gasteiger partial charge in [0.05, 0.1) is 12.2 Å². The third kappa shape index (κ3) is 6.25. The molecule has 0 N–H and O–H groups in total. The number of carbonyl (C=O) groups is 1. The minimum absolute atomic E-state index is 0.0814. The monoisotopic (exact) mass is 518 g/mol. The molecule has 0 aliphatic carbocycles. The Morgan fingerprint density at radius 2 is 1.29 bits per heavy atom. The zero-order chi connectivity index (χ0) is 27.1. The third-order valence-electron chi connectivity index (χ3n) is 6.26. The molecule has 0 aliphatic rings. The van der Waals surface area contributed by atoms with Crippen LogP contribution < -0.4 is 9.47 Å². The highest BCUT2D eigenvalue weighted by molar-refractivity contribution is 5.91. The molecule has 0 heterocycles. The number of halogens is 3. The fraction of sp³-hybridized carbons (Fsp3) is 0.219. The van der Waals surface area contributed by atoms with Gasteiger partial charge in [0.25, 0.3) is 0 Å². The summed E-state index contributed by atoms with van der Waals surface area (Å²) in [7, 11) is 0. The number of hydrogen-bond donors (Lipinski definition) is 0. The Labute approximate surface area is 220 Å². The van der Waals surface area contributed by atoms with Crippen molar-refractivity contribution < 1.29 is 27.4 Å². The van der Waals surface area contributed by atoms with Gasteiger partial charge < -0.3 is 9.47 Å². The van der Waals surface area contributed by atoms with Gasteiger partial charge in [0, 0.05) is 17.2 Å². The average molecular weight is 519 g/mol. The number of esters is 1. The molecule has 38 heavy (non-hydrogen) atoms. The van der Waals surface area contributed by atoms with E-state index in [0.717, 1.165) is 31.7 Å². The number of ether oxygens (including phenoxy) is 2. The smallest absolute Gasteiger partial charge is 0.346 e. The van der Waals surface area contributed by atoms with E-state index in [4.69, 9.17) is 9.47 Å². The van der Waals surface area contributed by atoms with Crippen molar-refractivity contribution in [1.82, 2.24) is 0 Å². The third-order valence-corrected chi connectivity index (χ3v) is 6.26. The van der Waals surface area contributed by atoms with Gasteiger partial charge in [-0.3, -0.25) is 0 Å². The topological polar surface area (TPSA) is 35.5 Å². The van der Waals surface area contributed by atoms with Crippen LogP contribution in [0.15, 0.2) is 78.9 Å². The minimum atomic E-state index is -0.962. The van der Waals surface area contributed by atoms with Crippen LogP contribution in [0.25, 0.3) is 22.3 Å². The standard InChI is InChI=1S/C32H29F3O3/c1-3-5-6-7-21-8-10-22(11-9-21)26-18-19-27(31(35)30(26)34)23-12-14-24(15-13-23)38-32(36)28-17-16-25(37-4-2)20-29(28)33/h8-20H,3-7H2,1-2H3. The summed E-state index contributed by atoms with van der Waals surface area (Å²) in [5, 5.41) is 0. The lowest BCUT2D eigenvalue weighted by atomic mass is 9.97. The number of rotatable bonds is 10. The largest absolute Gasteiger partial charge is 0.494 e. The summed E-state index contributed by atoms with van der Waals surface area (Å²) in [4.78, 5) is 12.4. The molecule has 0 aliphatic heterocycles. The molecule has 0 radical (unpaired) electrons. The summed E-state index contributed by atoms with van der Waals surface area (Å²) in [6.07, 6.45) is 4.37. The normalized spacial score (nSPS) is 10.9. The fourth-order valence-electron chi connectivity index (χ4n) is 4.21. The first kappa shape index (κ1) is 27.0. The lowest BCUT2D eigenvalue weighted by Crippen LogP contribution is -2.11. The van der Waals surface area contributed by atoms with Gasteiger partial charge in [-0.15, -0.1) is 0 Å². The summed E-state index contributed by atoms with van der Waals surface area (Å²) in [5.74, 6) is -3.08. The van der Waals surface area contributed by atoms with Crippen LogP contribution in [0.2, 0.25) is 0 Å². The van der Waals surface area contributed by atoms with E-state index >= 15 is 8.78 Å². The highest BCUT2D eigenvalue weighted by Crippen LogP contribution is 2.32. The van der Waals surface area contributed by atoms with E-state index in [-0.39, 0.29) is 22.4 Å². The number of aryl methyl sites for hydroxylation is 1. The maximum Gasteiger partial charge on any atom is 0.346 e. The van der Waals surface area contributed by atoms with Crippen LogP contribution in [0.1, 0.15) is 49.0 Å². The SMILES string of the molecule is CCCCCc1ccc(-c2ccc(-c3ccc(OC(=O)c4ccc(OCC)cc4F)cc3)c(F)c2F)cc1. The Morgan fingerprint density at radius 1 is 0.711 bits per heavy atom. The Hall–Kier alpha value is -4.06. The molecule has 3 nitrogen and oxygen atoms in total. The van der Waals surface area contributed by atoms with Gasteiger partial charge in [-0.05, 0) is 60.7 Å². The van der Waals surface area contributed by atoms with Crippen molar-refractivity contribution in [2.45, 2.75) is 39.5 Å². The Morgan fingerprint density at radius 3 is 1.84 bits per heavy atom. The van der Waals surface area contributed by atoms with Crippen LogP contribution in [0, 0.1) is 17.5 Å². The van der Waals surface area contributed by atoms with Crippen molar-refractivity contribution in [3.63, 3.8) is 0 Å². The van der Waals surface area contributed by atoms with E-state index in [2.05, 4.69) is 6.92 Å². The van der Waals surface area contributed by atoms with Crippen molar-refractivity contribution in [3.8, 4) is 33.8 Å². The molecule has 4 rings (SSSR count). The minimum Gasteiger partial charge on any atom is -0.494 e. The number of benzene rings is 4. The molecule has 4 aromatic carbocycles. The van der Waals surface area contributed by atoms with Crippen LogP contribution in [-0.4, -0.2) is 12.6 Å². The van der Waals surface area contributed by atoms with E-state index in [9.17, 15) is 9.18 Å². The molecule has 0 bridgehead atoms. The Balaban J connectivity index is 1.47. The lowest BCUT2D eigenvalue weighted by Gasteiger charge is -2.11. The maximum atomic E-state index is 15.1. The predicted octanol–water partition coefficient (Wildman–Crippen LogP) is 8.79. The molecule has 6 heteroatoms. The maximum absolute atomic E-state index is 15.1. The molecule has 0 saturated heterocycles. The molecular formula is C32H29F3O3. The fourth-order valence-corrected chi connectivity index (χ4v) is 4.21. The summed E-state index contributed by atoms with van der Waals surface area (Å²) < 4.78 is 54.9. The van der Waals surface area contributed by atoms with Crippen LogP contribution in [0.3, 0.4) is 0 Å². The van der Waals surface area contributed by atoms with Gasteiger partial charge in [0.1, 0.15) is 17.3 Å². The Bertz CT molecular complexity index is 1400. The number of carbonyl (C=O) groups excluding carboxylic acids is 1. The van der Waals surface area contributed by atoms with Gasteiger partial charge in [0.15, 0.2) is 11.6 Å². The highest BCUT2D eigenvalue weighted by atomic mass is 19.2. The molecule has 0 saturated carbocycles. The molecule has 4 aromatic rings. The average Bonchev–Trinajstić information content (AvgIpc) is 2.92. The quantitative estimate of drug-likeness (QED) is 0.120. The molecule has 0 unspecified atom stereocenters. The molecule has 196 valence electrons. The summed E-state index contributed by atoms with van der Waals surface area (Å²) in [6.45, 7) is 4.29. The first-order valence-electron chi connectivity index (χ1n) is 12.7. The molecule has 0 aromatic heterocycles. The van der Waals surface area contributed by atoms with Gasteiger partial charge in [-0.2, -0.15) is 0 Å². The van der Waals surface area contributed by atoms with E-state index in [1.165, 1.54) is 48.0 Å². The summed E-state index contributed by atoms with van der Waals surface area (Å²) >= 11 is 0. The Kier molecular flexibility index (Phi) is 8.85. The van der Waals surface area contributed by atoms with Crippen molar-refractivity contribution in [2.24, 2.45) is 0 Å². The lowest BCUT2D eigenvalue weighted by molar-refractivity contribution is 0.0730. The van der Waals surface area contributed by atoms with Crippen LogP contribution >= 0.6 is 0 Å². The number of hydrogen-bond acceptors (Lipinski definition) is 3. The van der Waals surface area contributed by atoms with Crippen LogP contribution in [0.5, 0.6) is 11.5 Å². The second kappa shape index (κ2) is 12.5. The van der Waals surface area contributed by atoms with Crippen molar-refractivity contribution in [3.05, 3.63) is 107 Å². The zero-order valence-corrected chi connectivity index (χ0v) is 21.4. The van der Waals surface area contributed by atoms with Crippen LogP contribution in [-0.2, 0) is 6.42 Å². The van der Waals surface area contributed by atoms with E-state index < -0.39 is 23.4 Å². The van der Waals surface area contributed by atoms with Crippen molar-refractivity contribution in [2.75, 3.05) is 6.61 Å². The van der Waals surface area contributed by atoms with Gasteiger partial charge in [0.2, 0.25) is 0 Å². The number of unbranched alkanes of at least 4 members (excludes halogenated alkanes) is 2. The molecule has 0 spiro atoms. The first-order valence-corrected chi connectivity index (χ1v) is 12.7. The van der Waals surface area contributed by atoms with Crippen LogP contribution in [0.4, 0.5) is 13.2 Å². The highest BCUT2D eigenvalue weighted by Gasteiger charge is 2.18.